The molecule has 8 heteroatoms. The number of quaternary nitrogens is 2. The first-order chi connectivity index (χ1) is 15.9. The highest BCUT2D eigenvalue weighted by Crippen LogP contribution is 2.41. The van der Waals surface area contributed by atoms with Crippen LogP contribution >= 0.6 is 7.82 Å². The molecular weight excluding hydrogens is 451 g/mol. The average molecular weight is 511 g/mol. The lowest BCUT2D eigenvalue weighted by Gasteiger charge is -2.44. The molecule has 0 bridgehead atoms. The van der Waals surface area contributed by atoms with Crippen molar-refractivity contribution in [2.24, 2.45) is 0 Å². The first-order valence-corrected chi connectivity index (χ1v) is 15.5. The maximum Gasteiger partial charge on any atom is 0.474 e. The highest BCUT2D eigenvalue weighted by Gasteiger charge is 2.48. The van der Waals surface area contributed by atoms with Gasteiger partial charge in [-0.25, -0.2) is 9.09 Å². The summed E-state index contributed by atoms with van der Waals surface area (Å²) in [6.45, 7) is 5.90. The Kier molecular flexibility index (Phi) is 18.3. The van der Waals surface area contributed by atoms with Crippen molar-refractivity contribution >= 4 is 7.82 Å². The van der Waals surface area contributed by atoms with E-state index in [1.165, 1.54) is 77.0 Å². The molecular formula is C26H59N2O5P+2. The van der Waals surface area contributed by atoms with Crippen LogP contribution in [0.25, 0.3) is 0 Å². The van der Waals surface area contributed by atoms with E-state index >= 15 is 0 Å². The first kappa shape index (κ1) is 34.0. The molecule has 0 amide bonds. The normalized spacial score (nSPS) is 15.0. The highest BCUT2D eigenvalue weighted by molar-refractivity contribution is 7.46. The van der Waals surface area contributed by atoms with E-state index in [1.54, 1.807) is 0 Å². The van der Waals surface area contributed by atoms with Crippen molar-refractivity contribution in [3.63, 3.8) is 0 Å². The summed E-state index contributed by atoms with van der Waals surface area (Å²) in [6.07, 6.45) is 17.3. The Morgan fingerprint density at radius 1 is 0.618 bits per heavy atom. The fourth-order valence-electron chi connectivity index (χ4n) is 4.59. The number of hydrogen-bond acceptors (Lipinski definition) is 3. The van der Waals surface area contributed by atoms with E-state index < -0.39 is 20.3 Å². The summed E-state index contributed by atoms with van der Waals surface area (Å²) in [7, 11) is 2.93. The minimum Gasteiger partial charge on any atom is -0.338 e. The minimum absolute atomic E-state index is 0.223. The Bertz CT molecular complexity index is 539. The Morgan fingerprint density at radius 3 is 1.29 bits per heavy atom. The van der Waals surface area contributed by atoms with Gasteiger partial charge in [-0.2, -0.15) is 0 Å². The molecule has 7 nitrogen and oxygen atoms in total. The minimum atomic E-state index is -4.74. The number of likely N-dealkylation sites (N-methyl/N-ethyl adjacent to an activating group) is 2. The predicted molar refractivity (Wildman–Crippen MR) is 142 cm³/mol. The molecule has 0 heterocycles. The summed E-state index contributed by atoms with van der Waals surface area (Å²) >= 11 is 0. The van der Waals surface area contributed by atoms with Gasteiger partial charge in [0.25, 0.3) is 12.5 Å². The van der Waals surface area contributed by atoms with Crippen LogP contribution in [0.3, 0.4) is 0 Å². The zero-order chi connectivity index (χ0) is 26.1. The van der Waals surface area contributed by atoms with Crippen LogP contribution in [0.15, 0.2) is 0 Å². The van der Waals surface area contributed by atoms with Crippen molar-refractivity contribution in [2.45, 2.75) is 129 Å². The molecule has 2 atom stereocenters. The smallest absolute Gasteiger partial charge is 0.338 e. The van der Waals surface area contributed by atoms with Crippen molar-refractivity contribution in [2.75, 3.05) is 41.3 Å². The summed E-state index contributed by atoms with van der Waals surface area (Å²) in [4.78, 5) is 19.1. The Labute approximate surface area is 211 Å². The first-order valence-electron chi connectivity index (χ1n) is 13.9. The molecule has 0 fully saturated rings. The van der Waals surface area contributed by atoms with Crippen LogP contribution in [-0.2, 0) is 9.09 Å². The molecule has 0 rings (SSSR count). The van der Waals surface area contributed by atoms with Gasteiger partial charge in [0.1, 0.15) is 0 Å². The lowest BCUT2D eigenvalue weighted by molar-refractivity contribution is -1.01. The van der Waals surface area contributed by atoms with Gasteiger partial charge in [0.2, 0.25) is 0 Å². The van der Waals surface area contributed by atoms with Crippen molar-refractivity contribution in [1.29, 1.82) is 0 Å². The number of unbranched alkanes of at least 4 members (excludes halogenated alkanes) is 14. The van der Waals surface area contributed by atoms with Gasteiger partial charge < -0.3 is 14.9 Å². The van der Waals surface area contributed by atoms with E-state index in [2.05, 4.69) is 13.8 Å². The van der Waals surface area contributed by atoms with Gasteiger partial charge in [0.15, 0.2) is 0 Å². The standard InChI is InChI=1S/C26H57N2O5P/c1-7-9-11-13-15-17-19-21-23-27(3,4)25(29)26(33-34(30,31)32)28(5,6)24-22-20-18-16-14-12-10-8-2/h25-26,29H,7-24H2,1-6H3/p+2. The molecule has 2 unspecified atom stereocenters. The van der Waals surface area contributed by atoms with Crippen LogP contribution in [-0.4, -0.2) is 77.6 Å². The summed E-state index contributed by atoms with van der Waals surface area (Å²) in [6, 6.07) is 0. The fraction of sp³-hybridized carbons (Fsp3) is 1.00. The summed E-state index contributed by atoms with van der Waals surface area (Å²) < 4.78 is 17.5. The van der Waals surface area contributed by atoms with Crippen molar-refractivity contribution in [1.82, 2.24) is 0 Å². The molecule has 34 heavy (non-hydrogen) atoms. The Morgan fingerprint density at radius 2 is 0.941 bits per heavy atom. The molecule has 0 aliphatic rings. The molecule has 0 spiro atoms. The highest BCUT2D eigenvalue weighted by atomic mass is 31.2. The Balaban J connectivity index is 4.75. The van der Waals surface area contributed by atoms with Crippen molar-refractivity contribution in [3.05, 3.63) is 0 Å². The second kappa shape index (κ2) is 18.3. The Hall–Kier alpha value is -0.0100. The monoisotopic (exact) mass is 510 g/mol. The quantitative estimate of drug-likeness (QED) is 0.0662. The molecule has 3 N–H and O–H groups in total. The van der Waals surface area contributed by atoms with Gasteiger partial charge in [-0.05, 0) is 25.7 Å². The van der Waals surface area contributed by atoms with E-state index in [4.69, 9.17) is 4.52 Å². The lowest BCUT2D eigenvalue weighted by Crippen LogP contribution is -2.65. The van der Waals surface area contributed by atoms with Crippen LogP contribution < -0.4 is 0 Å². The molecule has 0 aromatic heterocycles. The van der Waals surface area contributed by atoms with Crippen LogP contribution in [0.1, 0.15) is 117 Å². The van der Waals surface area contributed by atoms with Gasteiger partial charge >= 0.3 is 7.82 Å². The van der Waals surface area contributed by atoms with E-state index in [-0.39, 0.29) is 8.97 Å². The van der Waals surface area contributed by atoms with E-state index in [9.17, 15) is 19.5 Å². The zero-order valence-corrected chi connectivity index (χ0v) is 24.3. The largest absolute Gasteiger partial charge is 0.474 e. The van der Waals surface area contributed by atoms with Gasteiger partial charge in [0.05, 0.1) is 41.3 Å². The zero-order valence-electron chi connectivity index (χ0n) is 23.4. The maximum atomic E-state index is 11.8. The summed E-state index contributed by atoms with van der Waals surface area (Å²) in [5.74, 6) is 0. The third kappa shape index (κ3) is 16.6. The molecule has 206 valence electrons. The van der Waals surface area contributed by atoms with Crippen molar-refractivity contribution in [3.8, 4) is 0 Å². The van der Waals surface area contributed by atoms with Crippen LogP contribution in [0.5, 0.6) is 0 Å². The molecule has 0 aromatic carbocycles. The molecule has 0 aromatic rings. The third-order valence-electron chi connectivity index (χ3n) is 7.08. The van der Waals surface area contributed by atoms with Gasteiger partial charge in [-0.15, -0.1) is 0 Å². The average Bonchev–Trinajstić information content (AvgIpc) is 2.74. The van der Waals surface area contributed by atoms with E-state index in [0.717, 1.165) is 32.2 Å². The predicted octanol–water partition coefficient (Wildman–Crippen LogP) is 6.17. The molecule has 0 saturated heterocycles. The SMILES string of the molecule is CCCCCCCCCC[N+](C)(C)C(O)C(OP(=O)(O)O)[N+](C)(C)CCCCCCCCCC. The van der Waals surface area contributed by atoms with Crippen molar-refractivity contribution < 1.29 is 32.9 Å². The van der Waals surface area contributed by atoms with Crippen LogP contribution in [0, 0.1) is 0 Å². The number of aliphatic hydroxyl groups is 1. The fourth-order valence-corrected chi connectivity index (χ4v) is 5.24. The van der Waals surface area contributed by atoms with Crippen LogP contribution in [0.4, 0.5) is 0 Å². The molecule has 0 aliphatic carbocycles. The summed E-state index contributed by atoms with van der Waals surface area (Å²) in [5, 5.41) is 11.2. The second-order valence-corrected chi connectivity index (χ2v) is 12.5. The van der Waals surface area contributed by atoms with Crippen LogP contribution in [0.2, 0.25) is 0 Å². The lowest BCUT2D eigenvalue weighted by atomic mass is 10.1. The number of hydrogen-bond donors (Lipinski definition) is 3. The number of phosphoric acid groups is 1. The topological polar surface area (TPSA) is 87.0 Å². The molecule has 0 aliphatic heterocycles. The van der Waals surface area contributed by atoms with Gasteiger partial charge in [0, 0.05) is 0 Å². The number of phosphoric ester groups is 1. The van der Waals surface area contributed by atoms with E-state index in [0.29, 0.717) is 6.54 Å². The van der Waals surface area contributed by atoms with Gasteiger partial charge in [-0.1, -0.05) is 90.9 Å². The number of aliphatic hydroxyl groups excluding tert-OH is 1. The molecule has 0 saturated carbocycles. The maximum absolute atomic E-state index is 11.8. The van der Waals surface area contributed by atoms with Gasteiger partial charge in [-0.3, -0.25) is 8.97 Å². The molecule has 0 radical (unpaired) electrons. The number of nitrogens with zero attached hydrogens (tertiary/aromatic N) is 2. The number of rotatable bonds is 23. The third-order valence-corrected chi connectivity index (χ3v) is 7.57. The second-order valence-electron chi connectivity index (χ2n) is 11.4. The van der Waals surface area contributed by atoms with E-state index in [1.807, 2.05) is 28.2 Å². The summed E-state index contributed by atoms with van der Waals surface area (Å²) in [5.41, 5.74) is 0.